The van der Waals surface area contributed by atoms with Crippen molar-refractivity contribution in [3.05, 3.63) is 23.8 Å². The summed E-state index contributed by atoms with van der Waals surface area (Å²) in [6, 6.07) is 4.80. The quantitative estimate of drug-likeness (QED) is 0.392. The molecule has 0 aliphatic rings. The smallest absolute Gasteiger partial charge is 0.335 e. The number of aliphatic hydroxyl groups excluding tert-OH is 1. The Morgan fingerprint density at radius 2 is 1.88 bits per heavy atom. The van der Waals surface area contributed by atoms with Gasteiger partial charge >= 0.3 is 5.97 Å². The van der Waals surface area contributed by atoms with Gasteiger partial charge in [-0.05, 0) is 18.6 Å². The van der Waals surface area contributed by atoms with Crippen molar-refractivity contribution in [1.29, 1.82) is 0 Å². The summed E-state index contributed by atoms with van der Waals surface area (Å²) in [4.78, 5) is 22.0. The average Bonchev–Trinajstić information content (AvgIpc) is 2.60. The largest absolute Gasteiger partial charge is 0.493 e. The lowest BCUT2D eigenvalue weighted by Crippen LogP contribution is -2.29. The zero-order valence-electron chi connectivity index (χ0n) is 14.4. The van der Waals surface area contributed by atoms with E-state index in [4.69, 9.17) is 14.6 Å². The number of ether oxygens (including phenoxy) is 2. The van der Waals surface area contributed by atoms with Gasteiger partial charge in [0.1, 0.15) is 12.4 Å². The van der Waals surface area contributed by atoms with Crippen molar-refractivity contribution in [2.75, 3.05) is 44.8 Å². The third kappa shape index (κ3) is 8.92. The number of carbonyl (C=O) groups excluding carboxylic acids is 1. The van der Waals surface area contributed by atoms with Crippen LogP contribution in [0, 0.1) is 0 Å². The lowest BCUT2D eigenvalue weighted by Gasteiger charge is -2.12. The fraction of sp³-hybridized carbons (Fsp3) is 0.529. The van der Waals surface area contributed by atoms with E-state index in [-0.39, 0.29) is 5.56 Å². The lowest BCUT2D eigenvalue weighted by atomic mass is 10.2. The van der Waals surface area contributed by atoms with Gasteiger partial charge in [0.25, 0.3) is 0 Å². The Kier molecular flexibility index (Phi) is 10.0. The minimum Gasteiger partial charge on any atom is -0.493 e. The number of aliphatic hydroxyl groups is 1. The molecule has 0 heterocycles. The number of benzene rings is 1. The third-order valence-electron chi connectivity index (χ3n) is 3.21. The molecule has 1 rings (SSSR count). The first-order valence-electron chi connectivity index (χ1n) is 8.27. The van der Waals surface area contributed by atoms with Gasteiger partial charge < -0.3 is 30.3 Å². The molecular weight excluding hydrogens is 328 g/mol. The van der Waals surface area contributed by atoms with E-state index >= 15 is 0 Å². The van der Waals surface area contributed by atoms with E-state index in [0.29, 0.717) is 44.3 Å². The highest BCUT2D eigenvalue weighted by Gasteiger charge is 2.08. The van der Waals surface area contributed by atoms with E-state index in [9.17, 15) is 14.7 Å². The zero-order chi connectivity index (χ0) is 18.5. The summed E-state index contributed by atoms with van der Waals surface area (Å²) >= 11 is 0. The topological polar surface area (TPSA) is 117 Å². The van der Waals surface area contributed by atoms with Gasteiger partial charge in [0, 0.05) is 24.8 Å². The molecule has 0 atom stereocenters. The van der Waals surface area contributed by atoms with Gasteiger partial charge in [-0.3, -0.25) is 4.79 Å². The Hall–Kier alpha value is -2.32. The molecule has 0 unspecified atom stereocenters. The molecule has 0 bridgehead atoms. The van der Waals surface area contributed by atoms with Crippen LogP contribution in [0.4, 0.5) is 5.69 Å². The lowest BCUT2D eigenvalue weighted by molar-refractivity contribution is -0.124. The molecule has 1 aromatic carbocycles. The van der Waals surface area contributed by atoms with Crippen LogP contribution in [0.2, 0.25) is 0 Å². The normalized spacial score (nSPS) is 10.3. The van der Waals surface area contributed by atoms with Gasteiger partial charge in [0.05, 0.1) is 25.4 Å². The van der Waals surface area contributed by atoms with Crippen LogP contribution in [0.5, 0.6) is 5.75 Å². The number of hydrogen-bond donors (Lipinski definition) is 4. The summed E-state index contributed by atoms with van der Waals surface area (Å²) in [6.07, 6.45) is 1.90. The van der Waals surface area contributed by atoms with Crippen molar-refractivity contribution in [3.8, 4) is 5.75 Å². The first-order chi connectivity index (χ1) is 12.1. The van der Waals surface area contributed by atoms with Crippen LogP contribution in [0.25, 0.3) is 0 Å². The van der Waals surface area contributed by atoms with Gasteiger partial charge in [-0.2, -0.15) is 0 Å². The minimum absolute atomic E-state index is 0.157. The molecule has 25 heavy (non-hydrogen) atoms. The summed E-state index contributed by atoms with van der Waals surface area (Å²) in [7, 11) is 0. The standard InChI is InChI=1S/C17H26N2O6/c1-2-3-6-25-15-10-13(17(22)23)9-14(11-15)18-4-7-24-8-5-19-16(21)12-20/h9-11,18,20H,2-8,12H2,1H3,(H,19,21)(H,22,23). The second kappa shape index (κ2) is 12.1. The Labute approximate surface area is 147 Å². The fourth-order valence-electron chi connectivity index (χ4n) is 1.93. The second-order valence-corrected chi connectivity index (χ2v) is 5.30. The number of carboxylic acids is 1. The van der Waals surface area contributed by atoms with Crippen molar-refractivity contribution >= 4 is 17.6 Å². The number of carbonyl (C=O) groups is 2. The summed E-state index contributed by atoms with van der Waals surface area (Å²) in [5.41, 5.74) is 0.799. The number of rotatable bonds is 13. The predicted octanol–water partition coefficient (Wildman–Crippen LogP) is 1.10. The third-order valence-corrected chi connectivity index (χ3v) is 3.21. The second-order valence-electron chi connectivity index (χ2n) is 5.30. The highest BCUT2D eigenvalue weighted by molar-refractivity contribution is 5.89. The predicted molar refractivity (Wildman–Crippen MR) is 93.2 cm³/mol. The molecule has 0 aromatic heterocycles. The van der Waals surface area contributed by atoms with Crippen LogP contribution < -0.4 is 15.4 Å². The Balaban J connectivity index is 2.40. The van der Waals surface area contributed by atoms with E-state index in [2.05, 4.69) is 17.6 Å². The van der Waals surface area contributed by atoms with Gasteiger partial charge in [0.15, 0.2) is 0 Å². The van der Waals surface area contributed by atoms with Crippen LogP contribution in [0.15, 0.2) is 18.2 Å². The monoisotopic (exact) mass is 354 g/mol. The number of aromatic carboxylic acids is 1. The Morgan fingerprint density at radius 1 is 1.12 bits per heavy atom. The number of unbranched alkanes of at least 4 members (excludes halogenated alkanes) is 1. The zero-order valence-corrected chi connectivity index (χ0v) is 14.4. The molecule has 0 fully saturated rings. The number of nitrogens with one attached hydrogen (secondary N) is 2. The van der Waals surface area contributed by atoms with E-state index < -0.39 is 18.5 Å². The molecule has 1 amide bonds. The van der Waals surface area contributed by atoms with Crippen molar-refractivity contribution in [1.82, 2.24) is 5.32 Å². The Morgan fingerprint density at radius 3 is 2.56 bits per heavy atom. The highest BCUT2D eigenvalue weighted by atomic mass is 16.5. The molecule has 4 N–H and O–H groups in total. The first-order valence-corrected chi connectivity index (χ1v) is 8.27. The number of carboxylic acid groups (broad SMARTS) is 1. The van der Waals surface area contributed by atoms with E-state index in [1.54, 1.807) is 6.07 Å². The maximum Gasteiger partial charge on any atom is 0.335 e. The van der Waals surface area contributed by atoms with Gasteiger partial charge in [-0.15, -0.1) is 0 Å². The number of amides is 1. The molecule has 0 aliphatic carbocycles. The molecule has 8 heteroatoms. The first kappa shape index (κ1) is 20.7. The molecule has 0 spiro atoms. The minimum atomic E-state index is -1.01. The van der Waals surface area contributed by atoms with Gasteiger partial charge in [-0.25, -0.2) is 4.79 Å². The van der Waals surface area contributed by atoms with E-state index in [1.165, 1.54) is 12.1 Å². The van der Waals surface area contributed by atoms with Gasteiger partial charge in [-0.1, -0.05) is 13.3 Å². The summed E-state index contributed by atoms with van der Waals surface area (Å²) in [5.74, 6) is -0.939. The average molecular weight is 354 g/mol. The maximum atomic E-state index is 11.2. The van der Waals surface area contributed by atoms with Crippen LogP contribution in [0.1, 0.15) is 30.1 Å². The summed E-state index contributed by atoms with van der Waals surface area (Å²) < 4.78 is 10.9. The van der Waals surface area contributed by atoms with Crippen molar-refractivity contribution in [3.63, 3.8) is 0 Å². The van der Waals surface area contributed by atoms with Gasteiger partial charge in [0.2, 0.25) is 5.91 Å². The molecule has 0 radical (unpaired) electrons. The molecular formula is C17H26N2O6. The highest BCUT2D eigenvalue weighted by Crippen LogP contribution is 2.21. The van der Waals surface area contributed by atoms with Crippen molar-refractivity contribution in [2.45, 2.75) is 19.8 Å². The molecule has 0 saturated heterocycles. The summed E-state index contributed by atoms with van der Waals surface area (Å²) in [6.45, 7) is 3.58. The van der Waals surface area contributed by atoms with Crippen LogP contribution in [-0.4, -0.2) is 61.6 Å². The number of hydrogen-bond acceptors (Lipinski definition) is 6. The SMILES string of the molecule is CCCCOc1cc(NCCOCCNC(=O)CO)cc(C(=O)O)c1. The van der Waals surface area contributed by atoms with Crippen molar-refractivity contribution in [2.24, 2.45) is 0 Å². The van der Waals surface area contributed by atoms with E-state index in [0.717, 1.165) is 12.8 Å². The fourth-order valence-corrected chi connectivity index (χ4v) is 1.93. The molecule has 0 aliphatic heterocycles. The Bertz CT molecular complexity index is 550. The van der Waals surface area contributed by atoms with Crippen LogP contribution >= 0.6 is 0 Å². The number of anilines is 1. The van der Waals surface area contributed by atoms with Crippen LogP contribution in [-0.2, 0) is 9.53 Å². The van der Waals surface area contributed by atoms with Crippen molar-refractivity contribution < 1.29 is 29.3 Å². The van der Waals surface area contributed by atoms with Crippen LogP contribution in [0.3, 0.4) is 0 Å². The molecule has 140 valence electrons. The molecule has 1 aromatic rings. The maximum absolute atomic E-state index is 11.2. The van der Waals surface area contributed by atoms with E-state index in [1.807, 2.05) is 0 Å². The summed E-state index contributed by atoms with van der Waals surface area (Å²) in [5, 5.41) is 23.3. The molecule has 8 nitrogen and oxygen atoms in total. The molecule has 0 saturated carbocycles.